The summed E-state index contributed by atoms with van der Waals surface area (Å²) in [5.41, 5.74) is 0.892. The number of nitrogens with one attached hydrogen (secondary N) is 1. The molecule has 1 amide bonds. The molecule has 158 valence electrons. The van der Waals surface area contributed by atoms with E-state index in [0.29, 0.717) is 4.47 Å². The van der Waals surface area contributed by atoms with Gasteiger partial charge in [0.25, 0.3) is 5.91 Å². The molecule has 1 saturated heterocycles. The number of carbonyl (C=O) groups excluding carboxylic acids is 2. The lowest BCUT2D eigenvalue weighted by molar-refractivity contribution is 0.0594. The Labute approximate surface area is 176 Å². The zero-order chi connectivity index (χ0) is 21.5. The highest BCUT2D eigenvalue weighted by Crippen LogP contribution is 2.30. The van der Waals surface area contributed by atoms with Crippen LogP contribution in [-0.4, -0.2) is 73.0 Å². The van der Waals surface area contributed by atoms with Crippen LogP contribution < -0.4 is 0 Å². The summed E-state index contributed by atoms with van der Waals surface area (Å²) in [5, 5.41) is 6.74. The largest absolute Gasteiger partial charge is 0.465 e. The van der Waals surface area contributed by atoms with Crippen molar-refractivity contribution in [1.29, 1.82) is 0 Å². The minimum absolute atomic E-state index is 0.0827. The number of furan rings is 1. The van der Waals surface area contributed by atoms with Crippen LogP contribution in [0, 0.1) is 20.8 Å². The van der Waals surface area contributed by atoms with Crippen molar-refractivity contribution in [2.75, 3.05) is 33.3 Å². The molecular formula is C17H21BrN4O6S. The third-order valence-electron chi connectivity index (χ3n) is 4.79. The Hall–Kier alpha value is -2.18. The first-order chi connectivity index (χ1) is 13.6. The van der Waals surface area contributed by atoms with E-state index in [0.717, 1.165) is 5.69 Å². The summed E-state index contributed by atoms with van der Waals surface area (Å²) in [6.45, 7) is 5.34. The van der Waals surface area contributed by atoms with E-state index in [1.807, 2.05) is 0 Å². The number of amides is 1. The Bertz CT molecular complexity index is 1070. The Morgan fingerprint density at radius 2 is 1.76 bits per heavy atom. The highest BCUT2D eigenvalue weighted by atomic mass is 79.9. The Morgan fingerprint density at radius 1 is 1.14 bits per heavy atom. The van der Waals surface area contributed by atoms with Crippen molar-refractivity contribution in [3.63, 3.8) is 0 Å². The van der Waals surface area contributed by atoms with Crippen LogP contribution in [0.5, 0.6) is 0 Å². The van der Waals surface area contributed by atoms with Gasteiger partial charge in [0.05, 0.1) is 11.6 Å². The summed E-state index contributed by atoms with van der Waals surface area (Å²) in [4.78, 5) is 26.1. The molecule has 0 bridgehead atoms. The van der Waals surface area contributed by atoms with Gasteiger partial charge in [-0.05, 0) is 36.7 Å². The second-order valence-corrected chi connectivity index (χ2v) is 9.29. The molecule has 0 unspecified atom stereocenters. The summed E-state index contributed by atoms with van der Waals surface area (Å²) in [7, 11) is -2.83. The fourth-order valence-electron chi connectivity index (χ4n) is 3.28. The van der Waals surface area contributed by atoms with Crippen molar-refractivity contribution in [3.05, 3.63) is 32.9 Å². The van der Waals surface area contributed by atoms with Gasteiger partial charge in [-0.25, -0.2) is 13.2 Å². The summed E-state index contributed by atoms with van der Waals surface area (Å²) >= 11 is 3.33. The smallest absolute Gasteiger partial charge is 0.342 e. The van der Waals surface area contributed by atoms with Gasteiger partial charge in [-0.15, -0.1) is 0 Å². The highest BCUT2D eigenvalue weighted by molar-refractivity contribution is 9.10. The molecule has 1 aliphatic heterocycles. The van der Waals surface area contributed by atoms with E-state index >= 15 is 0 Å². The second-order valence-electron chi connectivity index (χ2n) is 6.62. The van der Waals surface area contributed by atoms with Crippen LogP contribution >= 0.6 is 15.9 Å². The Balaban J connectivity index is 1.82. The summed E-state index contributed by atoms with van der Waals surface area (Å²) in [6.07, 6.45) is 0. The first-order valence-electron chi connectivity index (χ1n) is 8.77. The number of aromatic amines is 1. The number of rotatable bonds is 4. The van der Waals surface area contributed by atoms with E-state index in [9.17, 15) is 18.0 Å². The monoisotopic (exact) mass is 488 g/mol. The fraction of sp³-hybridized carbons (Fsp3) is 0.471. The molecule has 10 nitrogen and oxygen atoms in total. The molecule has 3 heterocycles. The molecule has 29 heavy (non-hydrogen) atoms. The number of ether oxygens (including phenoxy) is 1. The molecule has 0 radical (unpaired) electrons. The second kappa shape index (κ2) is 7.92. The molecule has 1 fully saturated rings. The molecule has 0 aliphatic carbocycles. The number of methoxy groups -OCH3 is 1. The number of hydrogen-bond donors (Lipinski definition) is 1. The van der Waals surface area contributed by atoms with Crippen molar-refractivity contribution in [2.45, 2.75) is 25.7 Å². The van der Waals surface area contributed by atoms with Crippen molar-refractivity contribution in [3.8, 4) is 0 Å². The number of sulfonamides is 1. The number of piperazine rings is 1. The summed E-state index contributed by atoms with van der Waals surface area (Å²) < 4.78 is 38.3. The van der Waals surface area contributed by atoms with Gasteiger partial charge >= 0.3 is 5.97 Å². The molecule has 1 N–H and O–H groups in total. The van der Waals surface area contributed by atoms with Crippen LogP contribution in [-0.2, 0) is 14.8 Å². The predicted octanol–water partition coefficient (Wildman–Crippen LogP) is 1.62. The van der Waals surface area contributed by atoms with Gasteiger partial charge in [-0.2, -0.15) is 9.40 Å². The zero-order valence-corrected chi connectivity index (χ0v) is 18.8. The molecule has 0 aromatic carbocycles. The topological polar surface area (TPSA) is 126 Å². The number of esters is 1. The number of nitrogens with zero attached hydrogens (tertiary/aromatic N) is 3. The number of carbonyl (C=O) groups is 2. The van der Waals surface area contributed by atoms with Crippen molar-refractivity contribution >= 4 is 37.8 Å². The Morgan fingerprint density at radius 3 is 2.28 bits per heavy atom. The molecule has 1 aliphatic rings. The van der Waals surface area contributed by atoms with E-state index in [-0.39, 0.29) is 59.8 Å². The predicted molar refractivity (Wildman–Crippen MR) is 105 cm³/mol. The first kappa shape index (κ1) is 21.5. The SMILES string of the molecule is COC(=O)c1c(C)oc(C)c1S(=O)(=O)N1CCN(C(=O)c2n[nH]c(C)c2Br)CC1. The van der Waals surface area contributed by atoms with Crippen molar-refractivity contribution < 1.29 is 27.2 Å². The van der Waals surface area contributed by atoms with Gasteiger partial charge < -0.3 is 14.1 Å². The van der Waals surface area contributed by atoms with Crippen LogP contribution in [0.3, 0.4) is 0 Å². The van der Waals surface area contributed by atoms with Gasteiger partial charge in [0.2, 0.25) is 10.0 Å². The third-order valence-corrected chi connectivity index (χ3v) is 7.82. The van der Waals surface area contributed by atoms with Crippen molar-refractivity contribution in [2.24, 2.45) is 0 Å². The average molecular weight is 489 g/mol. The van der Waals surface area contributed by atoms with Gasteiger partial charge in [-0.1, -0.05) is 0 Å². The van der Waals surface area contributed by atoms with E-state index in [2.05, 4.69) is 26.1 Å². The highest BCUT2D eigenvalue weighted by Gasteiger charge is 2.38. The number of aryl methyl sites for hydroxylation is 3. The minimum Gasteiger partial charge on any atom is -0.465 e. The number of aromatic nitrogens is 2. The van der Waals surface area contributed by atoms with Gasteiger partial charge in [-0.3, -0.25) is 9.89 Å². The van der Waals surface area contributed by atoms with Gasteiger partial charge in [0.1, 0.15) is 22.0 Å². The van der Waals surface area contributed by atoms with E-state index in [4.69, 9.17) is 9.15 Å². The van der Waals surface area contributed by atoms with Gasteiger partial charge in [0, 0.05) is 31.9 Å². The van der Waals surface area contributed by atoms with E-state index < -0.39 is 16.0 Å². The summed E-state index contributed by atoms with van der Waals surface area (Å²) in [6, 6.07) is 0. The molecule has 2 aromatic rings. The van der Waals surface area contributed by atoms with E-state index in [1.165, 1.54) is 25.3 Å². The normalized spacial score (nSPS) is 15.6. The zero-order valence-electron chi connectivity index (χ0n) is 16.4. The fourth-order valence-corrected chi connectivity index (χ4v) is 5.42. The standard InChI is InChI=1S/C17H21BrN4O6S/c1-9-13(18)14(20-19-9)16(23)21-5-7-22(8-6-21)29(25,26)15-11(3)28-10(2)12(15)17(24)27-4/h5-8H2,1-4H3,(H,19,20). The lowest BCUT2D eigenvalue weighted by atomic mass is 10.2. The molecule has 0 spiro atoms. The number of H-pyrrole nitrogens is 1. The lowest BCUT2D eigenvalue weighted by Gasteiger charge is -2.33. The maximum absolute atomic E-state index is 13.2. The van der Waals surface area contributed by atoms with Crippen LogP contribution in [0.25, 0.3) is 0 Å². The Kier molecular flexibility index (Phi) is 5.88. The quantitative estimate of drug-likeness (QED) is 0.647. The molecular weight excluding hydrogens is 468 g/mol. The van der Waals surface area contributed by atoms with E-state index in [1.54, 1.807) is 11.8 Å². The maximum Gasteiger partial charge on any atom is 0.342 e. The maximum atomic E-state index is 13.2. The minimum atomic E-state index is -4.01. The molecule has 2 aromatic heterocycles. The molecule has 0 saturated carbocycles. The van der Waals surface area contributed by atoms with Crippen LogP contribution in [0.4, 0.5) is 0 Å². The number of halogens is 1. The first-order valence-corrected chi connectivity index (χ1v) is 11.0. The summed E-state index contributed by atoms with van der Waals surface area (Å²) in [5.74, 6) is -0.757. The van der Waals surface area contributed by atoms with Crippen LogP contribution in [0.2, 0.25) is 0 Å². The van der Waals surface area contributed by atoms with Crippen LogP contribution in [0.15, 0.2) is 13.8 Å². The van der Waals surface area contributed by atoms with Crippen LogP contribution in [0.1, 0.15) is 38.1 Å². The number of hydrogen-bond acceptors (Lipinski definition) is 7. The molecule has 3 rings (SSSR count). The average Bonchev–Trinajstić information content (AvgIpc) is 3.19. The van der Waals surface area contributed by atoms with Crippen molar-refractivity contribution in [1.82, 2.24) is 19.4 Å². The lowest BCUT2D eigenvalue weighted by Crippen LogP contribution is -2.50. The van der Waals surface area contributed by atoms with Gasteiger partial charge in [0.15, 0.2) is 5.69 Å². The molecule has 12 heteroatoms. The molecule has 0 atom stereocenters. The third kappa shape index (κ3) is 3.71.